The summed E-state index contributed by atoms with van der Waals surface area (Å²) >= 11 is 3.41. The zero-order valence-corrected chi connectivity index (χ0v) is 32.6. The van der Waals surface area contributed by atoms with Crippen LogP contribution in [0.2, 0.25) is 0 Å². The summed E-state index contributed by atoms with van der Waals surface area (Å²) < 4.78 is 6.30. The molecule has 4 aromatic rings. The number of esters is 1. The Bertz CT molecular complexity index is 2410. The minimum absolute atomic E-state index is 0.0475. The monoisotopic (exact) mass is 840 g/mol. The highest BCUT2D eigenvalue weighted by Crippen LogP contribution is 2.41. The molecular weight excluding hydrogens is 809 g/mol. The van der Waals surface area contributed by atoms with E-state index in [4.69, 9.17) is 15.3 Å². The molecule has 1 saturated heterocycles. The fourth-order valence-corrected chi connectivity index (χ4v) is 8.37. The Morgan fingerprint density at radius 1 is 1.12 bits per heavy atom. The number of aromatic hydroxyl groups is 2. The number of rotatable bonds is 12. The number of aryl methyl sites for hydroxylation is 1. The number of β-lactam (4-membered cyclic amide) rings is 1. The second kappa shape index (κ2) is 16.0. The lowest BCUT2D eigenvalue weighted by molar-refractivity contribution is -0.150. The van der Waals surface area contributed by atoms with E-state index in [1.165, 1.54) is 66.6 Å². The molecule has 57 heavy (non-hydrogen) atoms. The molecule has 0 spiro atoms. The fraction of sp³-hybridized carbons (Fsp3) is 0.273. The number of amides is 4. The average Bonchev–Trinajstić information content (AvgIpc) is 3.81. The summed E-state index contributed by atoms with van der Waals surface area (Å²) in [6.45, 7) is 4.33. The minimum Gasteiger partial charge on any atom is -0.504 e. The molecule has 5 heterocycles. The number of nitrogens with one attached hydrogen (secondary N) is 3. The lowest BCUT2D eigenvalue weighted by Gasteiger charge is -2.49. The third-order valence-corrected chi connectivity index (χ3v) is 11.4. The van der Waals surface area contributed by atoms with Crippen LogP contribution in [0.1, 0.15) is 46.0 Å². The number of benzene rings is 1. The van der Waals surface area contributed by atoms with Gasteiger partial charge in [0, 0.05) is 28.1 Å². The van der Waals surface area contributed by atoms with Gasteiger partial charge in [0.2, 0.25) is 5.60 Å². The highest BCUT2D eigenvalue weighted by Gasteiger charge is 2.54. The predicted molar refractivity (Wildman–Crippen MR) is 203 cm³/mol. The van der Waals surface area contributed by atoms with Crippen molar-refractivity contribution in [3.63, 3.8) is 0 Å². The first-order chi connectivity index (χ1) is 27.0. The Balaban J connectivity index is 1.14. The summed E-state index contributed by atoms with van der Waals surface area (Å²) in [7, 11) is 1.24. The number of carbonyl (C=O) groups excluding carboxylic acids is 5. The van der Waals surface area contributed by atoms with Gasteiger partial charge in [-0.15, -0.1) is 34.9 Å². The van der Waals surface area contributed by atoms with Gasteiger partial charge in [-0.05, 0) is 50.6 Å². The maximum absolute atomic E-state index is 13.7. The summed E-state index contributed by atoms with van der Waals surface area (Å²) in [4.78, 5) is 92.4. The number of fused-ring (bicyclic) bond motifs is 2. The van der Waals surface area contributed by atoms with E-state index < -0.39 is 69.8 Å². The number of carbonyl (C=O) groups is 6. The quantitative estimate of drug-likeness (QED) is 0.0197. The molecule has 21 nitrogen and oxygen atoms in total. The lowest BCUT2D eigenvalue weighted by atomic mass is 10.0. The van der Waals surface area contributed by atoms with Gasteiger partial charge in [0.05, 0.1) is 13.3 Å². The topological polar surface area (TPSA) is 302 Å². The Morgan fingerprint density at radius 2 is 1.88 bits per heavy atom. The maximum Gasteiger partial charge on any atom is 0.352 e. The maximum atomic E-state index is 13.7. The number of methoxy groups -OCH3 is 1. The number of carboxylic acids is 1. The number of aliphatic carboxylic acids is 1. The van der Waals surface area contributed by atoms with Gasteiger partial charge in [0.1, 0.15) is 33.4 Å². The first-order valence-electron chi connectivity index (χ1n) is 16.4. The van der Waals surface area contributed by atoms with Crippen LogP contribution >= 0.6 is 34.9 Å². The van der Waals surface area contributed by atoms with Crippen molar-refractivity contribution in [3.05, 3.63) is 69.6 Å². The number of nitrogens with two attached hydrogens (primary N) is 1. The zero-order valence-electron chi connectivity index (χ0n) is 30.1. The molecule has 2 aliphatic heterocycles. The number of phenols is 2. The van der Waals surface area contributed by atoms with Gasteiger partial charge in [-0.25, -0.2) is 24.1 Å². The third kappa shape index (κ3) is 8.13. The molecule has 8 N–H and O–H groups in total. The van der Waals surface area contributed by atoms with Gasteiger partial charge < -0.3 is 35.9 Å². The molecule has 298 valence electrons. The van der Waals surface area contributed by atoms with Crippen LogP contribution in [0, 0.1) is 6.92 Å². The van der Waals surface area contributed by atoms with Crippen molar-refractivity contribution in [2.75, 3.05) is 24.3 Å². The number of thioether (sulfide) groups is 2. The number of hydrogen-bond donors (Lipinski definition) is 7. The van der Waals surface area contributed by atoms with E-state index >= 15 is 0 Å². The number of hydrogen-bond acceptors (Lipinski definition) is 18. The van der Waals surface area contributed by atoms with E-state index in [0.29, 0.717) is 16.3 Å². The van der Waals surface area contributed by atoms with Gasteiger partial charge in [-0.1, -0.05) is 5.16 Å². The molecule has 1 fully saturated rings. The average molecular weight is 841 g/mol. The van der Waals surface area contributed by atoms with Crippen molar-refractivity contribution in [1.29, 1.82) is 0 Å². The van der Waals surface area contributed by atoms with Gasteiger partial charge in [0.25, 0.3) is 23.6 Å². The van der Waals surface area contributed by atoms with E-state index in [2.05, 4.69) is 36.4 Å². The zero-order chi connectivity index (χ0) is 41.3. The molecule has 3 aromatic heterocycles. The Hall–Kier alpha value is -6.40. The molecule has 24 heteroatoms. The Labute approximate surface area is 333 Å². The molecular formula is C33H32N10O11S3. The van der Waals surface area contributed by atoms with Gasteiger partial charge in [-0.2, -0.15) is 5.10 Å². The highest BCUT2D eigenvalue weighted by molar-refractivity contribution is 8.01. The second-order valence-corrected chi connectivity index (χ2v) is 15.6. The van der Waals surface area contributed by atoms with Gasteiger partial charge in [-0.3, -0.25) is 34.9 Å². The largest absolute Gasteiger partial charge is 0.504 e. The van der Waals surface area contributed by atoms with Crippen LogP contribution in [-0.2, 0) is 28.8 Å². The minimum atomic E-state index is -1.82. The van der Waals surface area contributed by atoms with Crippen molar-refractivity contribution in [2.45, 2.75) is 42.8 Å². The standard InChI is InChI=1S/C33H32N10O11S3/c1-13-7-20(37-24-16(30(51)53-4)9-35-43(13)24)55-10-15-11-56-28-22(27(48)42(28)23(15)29(49)50)38-26(47)21(17-12-57-32(34)36-17)41-54-33(2,3)31(52)40-39-25(46)14-5-6-18(44)19(45)8-14/h5-9,12,22,28,44-45H,10-11H2,1-4H3,(H2,34,36)(H,38,47)(H,39,46)(H,40,52)(H,49,50)/b41-21-/t22-,28-/m1/s1. The molecule has 0 bridgehead atoms. The Morgan fingerprint density at radius 3 is 2.54 bits per heavy atom. The summed E-state index contributed by atoms with van der Waals surface area (Å²) in [6.07, 6.45) is 1.34. The van der Waals surface area contributed by atoms with E-state index in [0.717, 1.165) is 28.4 Å². The number of hydrazine groups is 1. The number of thiazole rings is 1. The molecule has 6 rings (SSSR count). The van der Waals surface area contributed by atoms with Crippen molar-refractivity contribution in [3.8, 4) is 11.5 Å². The summed E-state index contributed by atoms with van der Waals surface area (Å²) in [6, 6.07) is 3.82. The SMILES string of the molecule is COC(=O)c1cnn2c(C)cc(SCC3=C(C(=O)O)N4C(=O)[C@@H](NC(=O)/C(=N\OC(C)(C)C(=O)NNC(=O)c5ccc(O)c(O)c5)c5csc(N)n5)[C@H]4SC3)nc12. The molecule has 2 aliphatic rings. The van der Waals surface area contributed by atoms with Crippen molar-refractivity contribution < 1.29 is 53.7 Å². The first-order valence-corrected chi connectivity index (χ1v) is 19.3. The van der Waals surface area contributed by atoms with Crippen LogP contribution < -0.4 is 21.9 Å². The summed E-state index contributed by atoms with van der Waals surface area (Å²) in [5.74, 6) is -6.02. The second-order valence-electron chi connectivity index (χ2n) is 12.7. The number of ether oxygens (including phenoxy) is 1. The van der Waals surface area contributed by atoms with Crippen LogP contribution in [0.4, 0.5) is 5.13 Å². The van der Waals surface area contributed by atoms with E-state index in [-0.39, 0.29) is 44.8 Å². The van der Waals surface area contributed by atoms with Crippen LogP contribution in [-0.4, -0.2) is 117 Å². The smallest absolute Gasteiger partial charge is 0.352 e. The molecule has 0 aliphatic carbocycles. The van der Waals surface area contributed by atoms with Crippen LogP contribution in [0.15, 0.2) is 57.3 Å². The number of oxime groups is 1. The van der Waals surface area contributed by atoms with Crippen molar-refractivity contribution in [1.82, 2.24) is 40.7 Å². The summed E-state index contributed by atoms with van der Waals surface area (Å²) in [5, 5.41) is 41.1. The Kier molecular flexibility index (Phi) is 11.3. The first kappa shape index (κ1) is 40.3. The molecule has 2 atom stereocenters. The molecule has 0 radical (unpaired) electrons. The van der Waals surface area contributed by atoms with Gasteiger partial charge >= 0.3 is 11.9 Å². The molecule has 0 saturated carbocycles. The highest BCUT2D eigenvalue weighted by atomic mass is 32.2. The van der Waals surface area contributed by atoms with Crippen molar-refractivity contribution in [2.24, 2.45) is 5.16 Å². The molecule has 0 unspecified atom stereocenters. The number of anilines is 1. The van der Waals surface area contributed by atoms with Gasteiger partial charge in [0.15, 0.2) is 28.0 Å². The van der Waals surface area contributed by atoms with E-state index in [1.807, 2.05) is 0 Å². The van der Waals surface area contributed by atoms with Crippen LogP contribution in [0.3, 0.4) is 0 Å². The number of nitrogens with zero attached hydrogens (tertiary/aromatic N) is 6. The predicted octanol–water partition coefficient (Wildman–Crippen LogP) is 0.766. The fourth-order valence-electron chi connectivity index (χ4n) is 5.38. The number of aromatic nitrogens is 4. The van der Waals surface area contributed by atoms with Crippen molar-refractivity contribution >= 4 is 86.9 Å². The number of carboxylic acid groups (broad SMARTS) is 1. The number of nitrogen functional groups attached to an aromatic ring is 1. The van der Waals surface area contributed by atoms with Crippen LogP contribution in [0.5, 0.6) is 11.5 Å². The molecule has 1 aromatic carbocycles. The normalized spacial score (nSPS) is 16.7. The lowest BCUT2D eigenvalue weighted by Crippen LogP contribution is -2.71. The summed E-state index contributed by atoms with van der Waals surface area (Å²) in [5.41, 5.74) is 8.95. The van der Waals surface area contributed by atoms with Crippen LogP contribution in [0.25, 0.3) is 5.65 Å². The van der Waals surface area contributed by atoms with E-state index in [9.17, 15) is 44.1 Å². The third-order valence-electron chi connectivity index (χ3n) is 8.38. The molecule has 4 amide bonds. The number of phenolic OH excluding ortho intramolecular Hbond substituents is 2. The van der Waals surface area contributed by atoms with E-state index in [1.54, 1.807) is 13.0 Å².